The number of aryl methyl sites for hydroxylation is 1. The molecule has 1 aromatic rings. The van der Waals surface area contributed by atoms with Gasteiger partial charge in [-0.25, -0.2) is 4.39 Å². The minimum atomic E-state index is -0.161. The minimum absolute atomic E-state index is 0.161. The van der Waals surface area contributed by atoms with Crippen LogP contribution in [0.5, 0.6) is 0 Å². The van der Waals surface area contributed by atoms with Gasteiger partial charge in [0.25, 0.3) is 0 Å². The summed E-state index contributed by atoms with van der Waals surface area (Å²) in [7, 11) is 0. The van der Waals surface area contributed by atoms with Gasteiger partial charge in [-0.2, -0.15) is 11.8 Å². The predicted molar refractivity (Wildman–Crippen MR) is 70.4 cm³/mol. The van der Waals surface area contributed by atoms with Gasteiger partial charge in [0.15, 0.2) is 0 Å². The van der Waals surface area contributed by atoms with Gasteiger partial charge in [0.2, 0.25) is 0 Å². The first-order valence-electron chi connectivity index (χ1n) is 5.45. The lowest BCUT2D eigenvalue weighted by Gasteiger charge is -2.22. The van der Waals surface area contributed by atoms with E-state index in [1.165, 1.54) is 11.6 Å². The number of halogens is 1. The van der Waals surface area contributed by atoms with Crippen LogP contribution in [0.4, 0.5) is 4.39 Å². The van der Waals surface area contributed by atoms with Crippen LogP contribution in [0.1, 0.15) is 25.0 Å². The summed E-state index contributed by atoms with van der Waals surface area (Å²) < 4.78 is 13.1. The SMILES string of the molecule is CSC(C)(C)CNCc1ccc(F)cc1C. The third-order valence-electron chi connectivity index (χ3n) is 2.72. The van der Waals surface area contributed by atoms with E-state index < -0.39 is 0 Å². The van der Waals surface area contributed by atoms with Gasteiger partial charge < -0.3 is 5.32 Å². The quantitative estimate of drug-likeness (QED) is 0.848. The number of hydrogen-bond donors (Lipinski definition) is 1. The van der Waals surface area contributed by atoms with Crippen LogP contribution in [-0.2, 0) is 6.54 Å². The lowest BCUT2D eigenvalue weighted by atomic mass is 10.1. The Morgan fingerprint density at radius 3 is 2.62 bits per heavy atom. The third-order valence-corrected chi connectivity index (χ3v) is 3.97. The Morgan fingerprint density at radius 1 is 1.38 bits per heavy atom. The Hall–Kier alpha value is -0.540. The van der Waals surface area contributed by atoms with E-state index in [4.69, 9.17) is 0 Å². The summed E-state index contributed by atoms with van der Waals surface area (Å²) in [6, 6.07) is 4.95. The van der Waals surface area contributed by atoms with Gasteiger partial charge >= 0.3 is 0 Å². The zero-order valence-corrected chi connectivity index (χ0v) is 11.2. The second kappa shape index (κ2) is 5.69. The van der Waals surface area contributed by atoms with Crippen molar-refractivity contribution in [1.82, 2.24) is 5.32 Å². The second-order valence-electron chi connectivity index (χ2n) is 4.64. The molecule has 3 heteroatoms. The lowest BCUT2D eigenvalue weighted by molar-refractivity contribution is 0.587. The molecule has 0 amide bonds. The van der Waals surface area contributed by atoms with Gasteiger partial charge in [-0.05, 0) is 50.3 Å². The van der Waals surface area contributed by atoms with Crippen LogP contribution >= 0.6 is 11.8 Å². The molecule has 0 saturated carbocycles. The fraction of sp³-hybridized carbons (Fsp3) is 0.538. The van der Waals surface area contributed by atoms with E-state index in [0.29, 0.717) is 0 Å². The average Bonchev–Trinajstić information content (AvgIpc) is 2.21. The number of nitrogens with one attached hydrogen (secondary N) is 1. The molecule has 16 heavy (non-hydrogen) atoms. The van der Waals surface area contributed by atoms with Crippen molar-refractivity contribution in [1.29, 1.82) is 0 Å². The summed E-state index contributed by atoms with van der Waals surface area (Å²) >= 11 is 1.85. The molecule has 0 saturated heterocycles. The number of thioether (sulfide) groups is 1. The molecule has 0 fully saturated rings. The number of rotatable bonds is 5. The van der Waals surface area contributed by atoms with Crippen LogP contribution in [0, 0.1) is 12.7 Å². The van der Waals surface area contributed by atoms with Gasteiger partial charge in [0.05, 0.1) is 0 Å². The van der Waals surface area contributed by atoms with Crippen LogP contribution in [0.15, 0.2) is 18.2 Å². The molecule has 90 valence electrons. The fourth-order valence-electron chi connectivity index (χ4n) is 1.43. The van der Waals surface area contributed by atoms with Crippen LogP contribution in [-0.4, -0.2) is 17.5 Å². The van der Waals surface area contributed by atoms with Crippen LogP contribution in [0.25, 0.3) is 0 Å². The van der Waals surface area contributed by atoms with E-state index in [1.807, 2.05) is 24.8 Å². The van der Waals surface area contributed by atoms with E-state index in [-0.39, 0.29) is 10.6 Å². The van der Waals surface area contributed by atoms with Crippen molar-refractivity contribution in [3.05, 3.63) is 35.1 Å². The molecule has 1 aromatic carbocycles. The third kappa shape index (κ3) is 4.14. The highest BCUT2D eigenvalue weighted by atomic mass is 32.2. The molecule has 0 spiro atoms. The Balaban J connectivity index is 2.49. The molecule has 0 heterocycles. The van der Waals surface area contributed by atoms with Crippen molar-refractivity contribution in [3.8, 4) is 0 Å². The van der Waals surface area contributed by atoms with Gasteiger partial charge in [0, 0.05) is 17.8 Å². The van der Waals surface area contributed by atoms with E-state index >= 15 is 0 Å². The highest BCUT2D eigenvalue weighted by molar-refractivity contribution is 7.99. The van der Waals surface area contributed by atoms with E-state index in [9.17, 15) is 4.39 Å². The maximum Gasteiger partial charge on any atom is 0.123 e. The van der Waals surface area contributed by atoms with Gasteiger partial charge in [0.1, 0.15) is 5.82 Å². The van der Waals surface area contributed by atoms with Crippen molar-refractivity contribution in [2.24, 2.45) is 0 Å². The number of benzene rings is 1. The van der Waals surface area contributed by atoms with E-state index in [2.05, 4.69) is 25.4 Å². The minimum Gasteiger partial charge on any atom is -0.311 e. The smallest absolute Gasteiger partial charge is 0.123 e. The van der Waals surface area contributed by atoms with Crippen LogP contribution < -0.4 is 5.32 Å². The summed E-state index contributed by atoms with van der Waals surface area (Å²) in [6.07, 6.45) is 2.12. The Kier molecular flexibility index (Phi) is 4.81. The topological polar surface area (TPSA) is 12.0 Å². The standard InChI is InChI=1S/C13H20FNS/c1-10-7-12(14)6-5-11(10)8-15-9-13(2,3)16-4/h5-7,15H,8-9H2,1-4H3. The molecule has 0 aliphatic heterocycles. The Labute approximate surface area is 102 Å². The zero-order chi connectivity index (χ0) is 12.2. The van der Waals surface area contributed by atoms with Crippen LogP contribution in [0.3, 0.4) is 0 Å². The molecule has 0 bridgehead atoms. The maximum atomic E-state index is 12.9. The molecule has 0 aliphatic rings. The molecule has 0 radical (unpaired) electrons. The van der Waals surface area contributed by atoms with E-state index in [1.54, 1.807) is 6.07 Å². The van der Waals surface area contributed by atoms with Crippen molar-refractivity contribution in [3.63, 3.8) is 0 Å². The average molecular weight is 241 g/mol. The molecular weight excluding hydrogens is 221 g/mol. The fourth-order valence-corrected chi connectivity index (χ4v) is 1.67. The first kappa shape index (κ1) is 13.5. The number of hydrogen-bond acceptors (Lipinski definition) is 2. The first-order chi connectivity index (χ1) is 7.44. The van der Waals surface area contributed by atoms with Crippen molar-refractivity contribution < 1.29 is 4.39 Å². The summed E-state index contributed by atoms with van der Waals surface area (Å²) in [5.41, 5.74) is 2.17. The largest absolute Gasteiger partial charge is 0.311 e. The summed E-state index contributed by atoms with van der Waals surface area (Å²) in [5.74, 6) is -0.161. The normalized spacial score (nSPS) is 11.8. The lowest BCUT2D eigenvalue weighted by Crippen LogP contribution is -2.31. The van der Waals surface area contributed by atoms with E-state index in [0.717, 1.165) is 18.7 Å². The van der Waals surface area contributed by atoms with Crippen LogP contribution in [0.2, 0.25) is 0 Å². The second-order valence-corrected chi connectivity index (χ2v) is 6.15. The summed E-state index contributed by atoms with van der Waals surface area (Å²) in [5, 5.41) is 3.41. The molecule has 1 rings (SSSR count). The van der Waals surface area contributed by atoms with Crippen molar-refractivity contribution in [2.75, 3.05) is 12.8 Å². The summed E-state index contributed by atoms with van der Waals surface area (Å²) in [6.45, 7) is 8.12. The molecule has 0 atom stereocenters. The highest BCUT2D eigenvalue weighted by Gasteiger charge is 2.14. The van der Waals surface area contributed by atoms with Gasteiger partial charge in [-0.15, -0.1) is 0 Å². The molecule has 1 nitrogen and oxygen atoms in total. The van der Waals surface area contributed by atoms with Gasteiger partial charge in [-0.1, -0.05) is 6.07 Å². The van der Waals surface area contributed by atoms with Gasteiger partial charge in [-0.3, -0.25) is 0 Å². The molecule has 1 N–H and O–H groups in total. The van der Waals surface area contributed by atoms with Crippen molar-refractivity contribution >= 4 is 11.8 Å². The highest BCUT2D eigenvalue weighted by Crippen LogP contribution is 2.20. The summed E-state index contributed by atoms with van der Waals surface area (Å²) in [4.78, 5) is 0. The Bertz CT molecular complexity index is 350. The molecule has 0 aliphatic carbocycles. The zero-order valence-electron chi connectivity index (χ0n) is 10.4. The van der Waals surface area contributed by atoms with Crippen molar-refractivity contribution in [2.45, 2.75) is 32.1 Å². The molecule has 0 aromatic heterocycles. The molecular formula is C13H20FNS. The molecule has 0 unspecified atom stereocenters. The first-order valence-corrected chi connectivity index (χ1v) is 6.68. The predicted octanol–water partition coefficient (Wildman–Crippen LogP) is 3.37. The Morgan fingerprint density at radius 2 is 2.06 bits per heavy atom. The maximum absolute atomic E-state index is 12.9. The monoisotopic (exact) mass is 241 g/mol.